The third-order valence-corrected chi connectivity index (χ3v) is 9.22. The van der Waals surface area contributed by atoms with E-state index in [-0.39, 0.29) is 5.41 Å². The van der Waals surface area contributed by atoms with Crippen LogP contribution < -0.4 is 0 Å². The van der Waals surface area contributed by atoms with Gasteiger partial charge < -0.3 is 9.55 Å². The van der Waals surface area contributed by atoms with Gasteiger partial charge in [-0.15, -0.1) is 0 Å². The van der Waals surface area contributed by atoms with Gasteiger partial charge in [0.2, 0.25) is 0 Å². The molecule has 4 nitrogen and oxygen atoms in total. The highest BCUT2D eigenvalue weighted by Gasteiger charge is 2.37. The fourth-order valence-corrected chi connectivity index (χ4v) is 7.11. The molecule has 4 heteroatoms. The highest BCUT2D eigenvalue weighted by Crippen LogP contribution is 2.52. The molecule has 0 amide bonds. The van der Waals surface area contributed by atoms with Gasteiger partial charge in [-0.05, 0) is 58.7 Å². The zero-order valence-electron chi connectivity index (χ0n) is 25.4. The first-order chi connectivity index (χ1) is 22.1. The number of fused-ring (bicyclic) bond motifs is 8. The summed E-state index contributed by atoms with van der Waals surface area (Å²) >= 11 is 0. The average molecular weight is 583 g/mol. The summed E-state index contributed by atoms with van der Waals surface area (Å²) in [5, 5.41) is 10.3. The lowest BCUT2D eigenvalue weighted by molar-refractivity contribution is 0.661. The Labute approximate surface area is 262 Å². The number of H-pyrrole nitrogens is 3. The van der Waals surface area contributed by atoms with Crippen molar-refractivity contribution in [1.82, 2.24) is 19.7 Å². The Kier molecular flexibility index (Phi) is 6.24. The summed E-state index contributed by atoms with van der Waals surface area (Å²) in [4.78, 5) is 3.57. The lowest BCUT2D eigenvalue weighted by Gasteiger charge is -2.25. The molecule has 218 valence electrons. The molecular weight excluding hydrogens is 548 g/mol. The molecule has 1 aliphatic rings. The van der Waals surface area contributed by atoms with Crippen molar-refractivity contribution in [2.24, 2.45) is 0 Å². The van der Waals surface area contributed by atoms with Crippen molar-refractivity contribution >= 4 is 38.8 Å². The van der Waals surface area contributed by atoms with E-state index in [9.17, 15) is 0 Å². The van der Waals surface area contributed by atoms with Gasteiger partial charge in [0.05, 0.1) is 22.4 Å². The number of nitrogens with zero attached hydrogens (tertiary/aromatic N) is 1. The summed E-state index contributed by atoms with van der Waals surface area (Å²) in [6.45, 7) is 8.36. The summed E-state index contributed by atoms with van der Waals surface area (Å²) in [5.74, 6) is 0. The maximum Gasteiger partial charge on any atom is 0.0864 e. The Hall–Kier alpha value is -5.74. The summed E-state index contributed by atoms with van der Waals surface area (Å²) in [6.07, 6.45) is 7.93. The van der Waals surface area contributed by atoms with Crippen molar-refractivity contribution in [3.63, 3.8) is 0 Å². The summed E-state index contributed by atoms with van der Waals surface area (Å²) in [6, 6.07) is 40.9. The van der Waals surface area contributed by atoms with Gasteiger partial charge in [-0.2, -0.15) is 0 Å². The number of aromatic nitrogens is 4. The van der Waals surface area contributed by atoms with Crippen molar-refractivity contribution in [3.8, 4) is 28.1 Å². The Balaban J connectivity index is 0.000000134. The molecule has 5 aromatic carbocycles. The van der Waals surface area contributed by atoms with Gasteiger partial charge >= 0.3 is 0 Å². The summed E-state index contributed by atoms with van der Waals surface area (Å²) in [5.41, 5.74) is 13.8. The van der Waals surface area contributed by atoms with Gasteiger partial charge in [0, 0.05) is 44.5 Å². The highest BCUT2D eigenvalue weighted by molar-refractivity contribution is 6.16. The molecule has 0 bridgehead atoms. The Morgan fingerprint density at radius 1 is 0.667 bits per heavy atom. The molecule has 3 N–H and O–H groups in total. The van der Waals surface area contributed by atoms with Crippen LogP contribution in [0.4, 0.5) is 0 Å². The van der Waals surface area contributed by atoms with Crippen LogP contribution in [0.2, 0.25) is 0 Å². The van der Waals surface area contributed by atoms with E-state index < -0.39 is 0 Å². The maximum atomic E-state index is 3.74. The molecule has 8 aromatic rings. The Morgan fingerprint density at radius 3 is 2.24 bits per heavy atom. The van der Waals surface area contributed by atoms with E-state index in [4.69, 9.17) is 0 Å². The quantitative estimate of drug-likeness (QED) is 0.173. The highest BCUT2D eigenvalue weighted by atomic mass is 15.2. The van der Waals surface area contributed by atoms with Gasteiger partial charge in [0.1, 0.15) is 0 Å². The lowest BCUT2D eigenvalue weighted by Crippen LogP contribution is -2.17. The van der Waals surface area contributed by atoms with E-state index >= 15 is 0 Å². The van der Waals surface area contributed by atoms with Crippen molar-refractivity contribution in [3.05, 3.63) is 157 Å². The molecule has 45 heavy (non-hydrogen) atoms. The van der Waals surface area contributed by atoms with E-state index in [1.807, 2.05) is 18.2 Å². The molecule has 0 atom stereocenters. The fraction of sp³-hybridized carbons (Fsp3) is 0.0732. The standard InChI is InChI=1S/C21H20N2.C20H14N2/c1-4-5-13-18-20(23-22-18)16-11-8-10-15-14-9-6-7-12-17(14)21(2,3)19(15)16;1-2-6-14(7-3-1)22-13-12-17-19(22)11-10-16-15-8-4-5-9-18(15)21-20(16)17/h4-13,22-23H,1H2,2-3H3;1-13,21H/b13-5-;. The lowest BCUT2D eigenvalue weighted by atomic mass is 9.79. The number of hydrogen-bond donors (Lipinski definition) is 3. The van der Waals surface area contributed by atoms with Gasteiger partial charge in [-0.25, -0.2) is 0 Å². The zero-order chi connectivity index (χ0) is 30.5. The van der Waals surface area contributed by atoms with Crippen LogP contribution in [0.1, 0.15) is 30.7 Å². The number of rotatable bonds is 4. The fourth-order valence-electron chi connectivity index (χ4n) is 7.11. The molecular formula is C41H34N4. The second-order valence-corrected chi connectivity index (χ2v) is 12.1. The third-order valence-electron chi connectivity index (χ3n) is 9.22. The van der Waals surface area contributed by atoms with Crippen LogP contribution in [0.3, 0.4) is 0 Å². The van der Waals surface area contributed by atoms with Crippen molar-refractivity contribution < 1.29 is 0 Å². The van der Waals surface area contributed by atoms with Gasteiger partial charge in [-0.3, -0.25) is 10.2 Å². The Morgan fingerprint density at radius 2 is 1.42 bits per heavy atom. The SMILES string of the molecule is C=C/C=C\c1[nH][nH]c1-c1cccc2c1C(C)(C)c1ccccc1-2.c1ccc(-n2ccc3c4[nH]c5ccccc5c4ccc32)cc1. The van der Waals surface area contributed by atoms with Gasteiger partial charge in [0.25, 0.3) is 0 Å². The van der Waals surface area contributed by atoms with Gasteiger partial charge in [-0.1, -0.05) is 118 Å². The van der Waals surface area contributed by atoms with E-state index in [2.05, 4.69) is 156 Å². The van der Waals surface area contributed by atoms with E-state index in [1.54, 1.807) is 6.08 Å². The molecule has 0 unspecified atom stereocenters. The first-order valence-corrected chi connectivity index (χ1v) is 15.4. The van der Waals surface area contributed by atoms with Crippen LogP contribution in [-0.4, -0.2) is 19.7 Å². The van der Waals surface area contributed by atoms with Crippen LogP contribution in [-0.2, 0) is 5.41 Å². The van der Waals surface area contributed by atoms with Crippen molar-refractivity contribution in [2.75, 3.05) is 0 Å². The summed E-state index contributed by atoms with van der Waals surface area (Å²) < 4.78 is 2.24. The molecule has 0 fully saturated rings. The Bertz CT molecular complexity index is 2370. The predicted molar refractivity (Wildman–Crippen MR) is 190 cm³/mol. The number of nitrogens with one attached hydrogen (secondary N) is 3. The predicted octanol–water partition coefficient (Wildman–Crippen LogP) is 10.8. The molecule has 0 saturated carbocycles. The number of benzene rings is 5. The van der Waals surface area contributed by atoms with Crippen LogP contribution in [0, 0.1) is 0 Å². The molecule has 3 aromatic heterocycles. The van der Waals surface area contributed by atoms with Crippen molar-refractivity contribution in [2.45, 2.75) is 19.3 Å². The minimum atomic E-state index is 0.0000507. The molecule has 9 rings (SSSR count). The van der Waals surface area contributed by atoms with E-state index in [0.717, 1.165) is 11.4 Å². The smallest absolute Gasteiger partial charge is 0.0864 e. The zero-order valence-corrected chi connectivity index (χ0v) is 25.4. The minimum Gasteiger partial charge on any atom is -0.354 e. The third kappa shape index (κ3) is 4.21. The first kappa shape index (κ1) is 26.9. The summed E-state index contributed by atoms with van der Waals surface area (Å²) in [7, 11) is 0. The average Bonchev–Trinajstić information content (AvgIpc) is 3.73. The second kappa shape index (κ2) is 10.5. The molecule has 0 saturated heterocycles. The minimum absolute atomic E-state index is 0.0000507. The molecule has 0 aliphatic heterocycles. The molecule has 0 spiro atoms. The van der Waals surface area contributed by atoms with Crippen LogP contribution >= 0.6 is 0 Å². The topological polar surface area (TPSA) is 52.3 Å². The largest absolute Gasteiger partial charge is 0.354 e. The van der Waals surface area contributed by atoms with Crippen LogP contribution in [0.15, 0.2) is 140 Å². The monoisotopic (exact) mass is 582 g/mol. The molecule has 0 radical (unpaired) electrons. The normalized spacial score (nSPS) is 13.3. The number of aromatic amines is 3. The first-order valence-electron chi connectivity index (χ1n) is 15.4. The van der Waals surface area contributed by atoms with E-state index in [1.165, 1.54) is 66.2 Å². The molecule has 1 aliphatic carbocycles. The number of allylic oxidation sites excluding steroid dienone is 2. The van der Waals surface area contributed by atoms with E-state index in [0.29, 0.717) is 0 Å². The van der Waals surface area contributed by atoms with Gasteiger partial charge in [0.15, 0.2) is 0 Å². The molecule has 3 heterocycles. The van der Waals surface area contributed by atoms with Crippen molar-refractivity contribution in [1.29, 1.82) is 0 Å². The maximum absolute atomic E-state index is 3.74. The number of para-hydroxylation sites is 2. The second-order valence-electron chi connectivity index (χ2n) is 12.1. The number of hydrogen-bond acceptors (Lipinski definition) is 0. The van der Waals surface area contributed by atoms with Crippen LogP contribution in [0.25, 0.3) is 66.9 Å². The van der Waals surface area contributed by atoms with Crippen LogP contribution in [0.5, 0.6) is 0 Å².